The molecular weight excluding hydrogens is 707 g/mol. The largest absolute Gasteiger partial charge is 0.444 e. The zero-order valence-electron chi connectivity index (χ0n) is 24.4. The molecule has 12 heteroatoms. The molecule has 0 fully saturated rings. The molecule has 0 bridgehead atoms. The van der Waals surface area contributed by atoms with Crippen molar-refractivity contribution in [1.29, 1.82) is 0 Å². The van der Waals surface area contributed by atoms with Crippen LogP contribution in [0.2, 0.25) is 10.0 Å². The molecule has 2 aromatic rings. The van der Waals surface area contributed by atoms with Crippen LogP contribution in [0.1, 0.15) is 64.4 Å². The molecule has 0 spiro atoms. The van der Waals surface area contributed by atoms with Gasteiger partial charge in [0.2, 0.25) is 0 Å². The van der Waals surface area contributed by atoms with Gasteiger partial charge in [-0.2, -0.15) is 6.92 Å². The summed E-state index contributed by atoms with van der Waals surface area (Å²) in [6.07, 6.45) is 1.13. The van der Waals surface area contributed by atoms with E-state index < -0.39 is 23.4 Å². The first kappa shape index (κ1) is 42.7. The predicted molar refractivity (Wildman–Crippen MR) is 172 cm³/mol. The van der Waals surface area contributed by atoms with Gasteiger partial charge in [-0.3, -0.25) is 20.4 Å². The van der Waals surface area contributed by atoms with Crippen molar-refractivity contribution in [3.8, 4) is 0 Å². The van der Waals surface area contributed by atoms with E-state index in [1.165, 1.54) is 6.07 Å². The van der Waals surface area contributed by atoms with Gasteiger partial charge in [0.05, 0.1) is 11.4 Å². The first-order chi connectivity index (χ1) is 18.1. The van der Waals surface area contributed by atoms with Crippen molar-refractivity contribution >= 4 is 81.9 Å². The molecule has 2 N–H and O–H groups in total. The maximum absolute atomic E-state index is 11.7. The number of hydrogen-bond donors (Lipinski definition) is 2. The Morgan fingerprint density at radius 2 is 1.18 bits per heavy atom. The number of benzene rings is 2. The minimum absolute atomic E-state index is 0. The number of amides is 2. The summed E-state index contributed by atoms with van der Waals surface area (Å²) in [5, 5.41) is 6.18. The van der Waals surface area contributed by atoms with Crippen molar-refractivity contribution in [3.63, 3.8) is 0 Å². The second kappa shape index (κ2) is 21.9. The number of alkyl halides is 1. The number of nitrogens with zero attached hydrogens (tertiary/aromatic N) is 1. The third-order valence-corrected chi connectivity index (χ3v) is 4.16. The van der Waals surface area contributed by atoms with Crippen molar-refractivity contribution in [2.24, 2.45) is 4.99 Å². The number of hydrogen-bond acceptors (Lipinski definition) is 6. The molecule has 223 valence electrons. The molecule has 0 saturated carbocycles. The van der Waals surface area contributed by atoms with Crippen LogP contribution < -0.4 is 10.6 Å². The van der Waals surface area contributed by atoms with E-state index in [1.54, 1.807) is 71.3 Å². The maximum atomic E-state index is 11.7. The number of nitrogens with one attached hydrogen (secondary N) is 2. The van der Waals surface area contributed by atoms with E-state index >= 15 is 0 Å². The number of rotatable bonds is 4. The summed E-state index contributed by atoms with van der Waals surface area (Å²) in [6.45, 7) is 15.7. The van der Waals surface area contributed by atoms with E-state index in [1.807, 2.05) is 25.7 Å². The van der Waals surface area contributed by atoms with E-state index in [9.17, 15) is 14.4 Å². The summed E-state index contributed by atoms with van der Waals surface area (Å²) in [5.41, 5.74) is 0.907. The topological polar surface area (TPSA) is 106 Å². The molecule has 2 aromatic carbocycles. The van der Waals surface area contributed by atoms with Crippen molar-refractivity contribution in [3.05, 3.63) is 64.5 Å². The van der Waals surface area contributed by atoms with Crippen LogP contribution in [0.25, 0.3) is 0 Å². The Kier molecular flexibility index (Phi) is 23.4. The average molecular weight is 746 g/mol. The van der Waals surface area contributed by atoms with Gasteiger partial charge < -0.3 is 16.4 Å². The molecule has 8 nitrogen and oxygen atoms in total. The molecule has 0 heterocycles. The molecule has 1 radical (unpaired) electrons. The summed E-state index contributed by atoms with van der Waals surface area (Å²) >= 11 is 13.8. The smallest absolute Gasteiger partial charge is 0.412 e. The van der Waals surface area contributed by atoms with Gasteiger partial charge in [0.25, 0.3) is 0 Å². The Balaban J connectivity index is -0.000000596. The Bertz CT molecular complexity index is 1090. The molecule has 0 aromatic heterocycles. The second-order valence-electron chi connectivity index (χ2n) is 9.22. The molecule has 0 aliphatic rings. The fraction of sp³-hybridized carbons (Fsp3) is 0.393. The van der Waals surface area contributed by atoms with Crippen LogP contribution in [0.5, 0.6) is 0 Å². The minimum atomic E-state index is -0.608. The number of carbonyl (C=O) groups is 3. The maximum Gasteiger partial charge on any atom is 0.412 e. The van der Waals surface area contributed by atoms with E-state index in [0.29, 0.717) is 33.3 Å². The van der Waals surface area contributed by atoms with E-state index in [0.717, 1.165) is 5.56 Å². The van der Waals surface area contributed by atoms with E-state index in [2.05, 4.69) is 45.1 Å². The Labute approximate surface area is 274 Å². The predicted octanol–water partition coefficient (Wildman–Crippen LogP) is 9.12. The van der Waals surface area contributed by atoms with Crippen molar-refractivity contribution in [1.82, 2.24) is 0 Å². The second-order valence-corrected chi connectivity index (χ2v) is 10.1. The van der Waals surface area contributed by atoms with Crippen LogP contribution in [-0.2, 0) is 28.0 Å². The van der Waals surface area contributed by atoms with Crippen LogP contribution in [0.4, 0.5) is 21.0 Å². The zero-order valence-corrected chi connectivity index (χ0v) is 29.5. The van der Waals surface area contributed by atoms with Gasteiger partial charge in [0, 0.05) is 53.0 Å². The van der Waals surface area contributed by atoms with Gasteiger partial charge in [-0.05, 0) is 82.9 Å². The summed E-state index contributed by atoms with van der Waals surface area (Å²) < 4.78 is 10.2. The molecule has 0 saturated heterocycles. The first-order valence-electron chi connectivity index (χ1n) is 11.7. The standard InChI is InChI=1S/C13H17ClN2O2.C12H14ClNO3.C2H5.CH3I.V/c1-13(2,3)18-12(17)16-11-6-5-10(14)7-9(11)8-15-4;1-12(2,3)17-11(16)14-10-5-4-9(13)6-8(10)7-15;2*1-2;/h5-8H,1-4H3,(H,16,17);4-7H,1-3H3,(H,14,16);1H2,2H3;1H3;/q;;-1;;. The number of ether oxygens (including phenoxy) is 2. The van der Waals surface area contributed by atoms with Crippen molar-refractivity contribution < 1.29 is 42.4 Å². The molecule has 2 rings (SSSR count). The Morgan fingerprint density at radius 1 is 0.825 bits per heavy atom. The van der Waals surface area contributed by atoms with Crippen LogP contribution in [0.3, 0.4) is 0 Å². The molecule has 2 amide bonds. The quantitative estimate of drug-likeness (QED) is 0.107. The van der Waals surface area contributed by atoms with E-state index in [-0.39, 0.29) is 18.6 Å². The molecule has 40 heavy (non-hydrogen) atoms. The Hall–Kier alpha value is -1.79. The van der Waals surface area contributed by atoms with Gasteiger partial charge >= 0.3 is 12.2 Å². The summed E-state index contributed by atoms with van der Waals surface area (Å²) in [7, 11) is 1.65. The number of aliphatic imine (C=N–C) groups is 1. The first-order valence-corrected chi connectivity index (χ1v) is 14.6. The number of anilines is 2. The number of aldehydes is 1. The van der Waals surface area contributed by atoms with Gasteiger partial charge in [-0.25, -0.2) is 9.59 Å². The number of carbonyl (C=O) groups excluding carboxylic acids is 3. The van der Waals surface area contributed by atoms with Gasteiger partial charge in [0.1, 0.15) is 11.2 Å². The zero-order chi connectivity index (χ0) is 30.8. The van der Waals surface area contributed by atoms with Crippen molar-refractivity contribution in [2.75, 3.05) is 22.6 Å². The molecule has 0 atom stereocenters. The average Bonchev–Trinajstić information content (AvgIpc) is 2.83. The van der Waals surface area contributed by atoms with Crippen molar-refractivity contribution in [2.45, 2.75) is 59.7 Å². The third kappa shape index (κ3) is 20.1. The summed E-state index contributed by atoms with van der Waals surface area (Å²) in [4.78, 5) is 39.8. The minimum Gasteiger partial charge on any atom is -0.444 e. The van der Waals surface area contributed by atoms with Gasteiger partial charge in [-0.1, -0.05) is 45.8 Å². The van der Waals surface area contributed by atoms with Crippen LogP contribution >= 0.6 is 45.8 Å². The monoisotopic (exact) mass is 745 g/mol. The third-order valence-electron chi connectivity index (χ3n) is 3.69. The Morgan fingerprint density at radius 3 is 1.50 bits per heavy atom. The summed E-state index contributed by atoms with van der Waals surface area (Å²) in [6, 6.07) is 9.74. The molecule has 0 aliphatic heterocycles. The van der Waals surface area contributed by atoms with Crippen LogP contribution in [0, 0.1) is 6.92 Å². The van der Waals surface area contributed by atoms with Gasteiger partial charge in [-0.15, -0.1) is 0 Å². The SMILES string of the molecule is CC(C)(C)OC(=O)Nc1ccc(Cl)cc1C=O.CI.CN=Cc1cc(Cl)ccc1NC(=O)OC(C)(C)C.[CH2-]C.[V]. The normalized spacial score (nSPS) is 10.1. The van der Waals surface area contributed by atoms with Crippen LogP contribution in [-0.4, -0.2) is 47.9 Å². The molecule has 0 unspecified atom stereocenters. The fourth-order valence-corrected chi connectivity index (χ4v) is 2.83. The molecule has 0 aliphatic carbocycles. The van der Waals surface area contributed by atoms with Gasteiger partial charge in [0.15, 0.2) is 6.29 Å². The molecular formula is C28H39Cl2IN3O5V-. The van der Waals surface area contributed by atoms with Crippen LogP contribution in [0.15, 0.2) is 41.4 Å². The number of halogens is 3. The summed E-state index contributed by atoms with van der Waals surface area (Å²) in [5.74, 6) is 0. The fourth-order valence-electron chi connectivity index (χ4n) is 2.47. The van der Waals surface area contributed by atoms with E-state index in [4.69, 9.17) is 32.7 Å².